The highest BCUT2D eigenvalue weighted by atomic mass is 16.5. The summed E-state index contributed by atoms with van der Waals surface area (Å²) in [6.45, 7) is 2.75. The first-order valence-corrected chi connectivity index (χ1v) is 10.4. The minimum absolute atomic E-state index is 0.0433. The van der Waals surface area contributed by atoms with Gasteiger partial charge < -0.3 is 10.1 Å². The Morgan fingerprint density at radius 2 is 1.90 bits per heavy atom. The van der Waals surface area contributed by atoms with E-state index in [-0.39, 0.29) is 11.9 Å². The molecular formula is C25H27N3O2. The summed E-state index contributed by atoms with van der Waals surface area (Å²) >= 11 is 0. The molecule has 1 fully saturated rings. The summed E-state index contributed by atoms with van der Waals surface area (Å²) in [7, 11) is 1.70. The zero-order valence-electron chi connectivity index (χ0n) is 17.3. The van der Waals surface area contributed by atoms with Crippen LogP contribution in [0, 0.1) is 0 Å². The average Bonchev–Trinajstić information content (AvgIpc) is 3.21. The van der Waals surface area contributed by atoms with E-state index in [0.29, 0.717) is 6.42 Å². The molecule has 0 bridgehead atoms. The number of rotatable bonds is 7. The van der Waals surface area contributed by atoms with Gasteiger partial charge in [0.25, 0.3) is 0 Å². The molecular weight excluding hydrogens is 374 g/mol. The minimum atomic E-state index is 0.0433. The van der Waals surface area contributed by atoms with Gasteiger partial charge in [-0.25, -0.2) is 0 Å². The molecule has 0 saturated carbocycles. The molecule has 0 spiro atoms. The van der Waals surface area contributed by atoms with Crippen molar-refractivity contribution < 1.29 is 9.53 Å². The van der Waals surface area contributed by atoms with Crippen LogP contribution in [0.1, 0.15) is 17.7 Å². The summed E-state index contributed by atoms with van der Waals surface area (Å²) in [6.07, 6.45) is 3.04. The van der Waals surface area contributed by atoms with Crippen LogP contribution in [0.15, 0.2) is 72.9 Å². The largest absolute Gasteiger partial charge is 0.496 e. The molecule has 2 heterocycles. The highest BCUT2D eigenvalue weighted by Gasteiger charge is 2.24. The third-order valence-corrected chi connectivity index (χ3v) is 5.48. The van der Waals surface area contributed by atoms with E-state index in [0.717, 1.165) is 48.6 Å². The minimum Gasteiger partial charge on any atom is -0.496 e. The number of nitrogens with one attached hydrogen (secondary N) is 1. The van der Waals surface area contributed by atoms with Crippen molar-refractivity contribution in [2.45, 2.75) is 25.4 Å². The Morgan fingerprint density at radius 1 is 1.10 bits per heavy atom. The van der Waals surface area contributed by atoms with E-state index in [4.69, 9.17) is 4.74 Å². The van der Waals surface area contributed by atoms with Crippen LogP contribution in [-0.2, 0) is 17.8 Å². The summed E-state index contributed by atoms with van der Waals surface area (Å²) in [6, 6.07) is 22.6. The number of para-hydroxylation sites is 1. The van der Waals surface area contributed by atoms with Gasteiger partial charge in [0.1, 0.15) is 5.75 Å². The number of carbonyl (C=O) groups is 1. The van der Waals surface area contributed by atoms with Crippen LogP contribution in [-0.4, -0.2) is 42.0 Å². The Labute approximate surface area is 177 Å². The number of amides is 1. The van der Waals surface area contributed by atoms with E-state index in [2.05, 4.69) is 45.5 Å². The lowest BCUT2D eigenvalue weighted by atomic mass is 10.0. The van der Waals surface area contributed by atoms with Crippen molar-refractivity contribution >= 4 is 5.91 Å². The van der Waals surface area contributed by atoms with E-state index in [9.17, 15) is 4.79 Å². The zero-order chi connectivity index (χ0) is 20.8. The molecule has 1 unspecified atom stereocenters. The van der Waals surface area contributed by atoms with Crippen molar-refractivity contribution in [2.24, 2.45) is 0 Å². The van der Waals surface area contributed by atoms with Gasteiger partial charge in [0.05, 0.1) is 13.5 Å². The monoisotopic (exact) mass is 401 g/mol. The van der Waals surface area contributed by atoms with Crippen molar-refractivity contribution in [2.75, 3.05) is 20.2 Å². The number of carbonyl (C=O) groups excluding carboxylic acids is 1. The third kappa shape index (κ3) is 5.05. The molecule has 1 aromatic heterocycles. The van der Waals surface area contributed by atoms with E-state index < -0.39 is 0 Å². The Bertz CT molecular complexity index is 973. The SMILES string of the molecule is COc1ccccc1-c1ccc(CN2CCC(NC(=O)Cc3ccccn3)C2)cc1. The summed E-state index contributed by atoms with van der Waals surface area (Å²) < 4.78 is 5.47. The number of nitrogens with zero attached hydrogens (tertiary/aromatic N) is 2. The fourth-order valence-electron chi connectivity index (χ4n) is 3.97. The molecule has 1 amide bonds. The first-order valence-electron chi connectivity index (χ1n) is 10.4. The Kier molecular flexibility index (Phi) is 6.40. The molecule has 0 radical (unpaired) electrons. The summed E-state index contributed by atoms with van der Waals surface area (Å²) in [5.74, 6) is 0.927. The van der Waals surface area contributed by atoms with Gasteiger partial charge in [0, 0.05) is 43.1 Å². The normalized spacial score (nSPS) is 16.4. The summed E-state index contributed by atoms with van der Waals surface area (Å²) in [5.41, 5.74) is 4.33. The molecule has 3 aromatic rings. The van der Waals surface area contributed by atoms with E-state index in [1.54, 1.807) is 13.3 Å². The number of methoxy groups -OCH3 is 1. The second-order valence-electron chi connectivity index (χ2n) is 7.68. The molecule has 154 valence electrons. The van der Waals surface area contributed by atoms with E-state index in [1.165, 1.54) is 5.56 Å². The number of benzene rings is 2. The van der Waals surface area contributed by atoms with Crippen LogP contribution in [0.25, 0.3) is 11.1 Å². The Hall–Kier alpha value is -3.18. The van der Waals surface area contributed by atoms with Crippen LogP contribution in [0.2, 0.25) is 0 Å². The van der Waals surface area contributed by atoms with Gasteiger partial charge in [0.2, 0.25) is 5.91 Å². The maximum absolute atomic E-state index is 12.3. The van der Waals surface area contributed by atoms with Crippen LogP contribution < -0.4 is 10.1 Å². The number of hydrogen-bond acceptors (Lipinski definition) is 4. The highest BCUT2D eigenvalue weighted by Crippen LogP contribution is 2.29. The number of pyridine rings is 1. The molecule has 5 heteroatoms. The molecule has 1 N–H and O–H groups in total. The number of likely N-dealkylation sites (tertiary alicyclic amines) is 1. The number of hydrogen-bond donors (Lipinski definition) is 1. The van der Waals surface area contributed by atoms with Crippen molar-refractivity contribution in [3.8, 4) is 16.9 Å². The van der Waals surface area contributed by atoms with Gasteiger partial charge >= 0.3 is 0 Å². The zero-order valence-corrected chi connectivity index (χ0v) is 17.3. The van der Waals surface area contributed by atoms with Crippen LogP contribution >= 0.6 is 0 Å². The van der Waals surface area contributed by atoms with Crippen molar-refractivity contribution in [1.29, 1.82) is 0 Å². The summed E-state index contributed by atoms with van der Waals surface area (Å²) in [5, 5.41) is 3.15. The third-order valence-electron chi connectivity index (χ3n) is 5.48. The lowest BCUT2D eigenvalue weighted by Gasteiger charge is -2.17. The molecule has 5 nitrogen and oxygen atoms in total. The number of ether oxygens (including phenoxy) is 1. The molecule has 1 aliphatic rings. The second-order valence-corrected chi connectivity index (χ2v) is 7.68. The maximum Gasteiger partial charge on any atom is 0.226 e. The molecule has 2 aromatic carbocycles. The molecule has 1 aliphatic heterocycles. The van der Waals surface area contributed by atoms with E-state index >= 15 is 0 Å². The predicted octanol–water partition coefficient (Wildman–Crippen LogP) is 3.69. The molecule has 30 heavy (non-hydrogen) atoms. The maximum atomic E-state index is 12.3. The van der Waals surface area contributed by atoms with Gasteiger partial charge in [-0.15, -0.1) is 0 Å². The summed E-state index contributed by atoms with van der Waals surface area (Å²) in [4.78, 5) is 18.9. The van der Waals surface area contributed by atoms with Gasteiger partial charge in [-0.2, -0.15) is 0 Å². The molecule has 0 aliphatic carbocycles. The van der Waals surface area contributed by atoms with Crippen LogP contribution in [0.5, 0.6) is 5.75 Å². The van der Waals surface area contributed by atoms with Crippen molar-refractivity contribution in [3.63, 3.8) is 0 Å². The first kappa shape index (κ1) is 20.1. The smallest absolute Gasteiger partial charge is 0.226 e. The van der Waals surface area contributed by atoms with Crippen LogP contribution in [0.3, 0.4) is 0 Å². The van der Waals surface area contributed by atoms with Crippen molar-refractivity contribution in [3.05, 3.63) is 84.2 Å². The molecule has 1 saturated heterocycles. The second kappa shape index (κ2) is 9.55. The average molecular weight is 402 g/mol. The highest BCUT2D eigenvalue weighted by molar-refractivity contribution is 5.78. The lowest BCUT2D eigenvalue weighted by molar-refractivity contribution is -0.121. The Morgan fingerprint density at radius 3 is 2.67 bits per heavy atom. The van der Waals surface area contributed by atoms with E-state index in [1.807, 2.05) is 36.4 Å². The van der Waals surface area contributed by atoms with Gasteiger partial charge in [-0.05, 0) is 35.7 Å². The topological polar surface area (TPSA) is 54.5 Å². The standard InChI is InChI=1S/C25H27N3O2/c1-30-24-8-3-2-7-23(24)20-11-9-19(10-12-20)17-28-15-13-22(18-28)27-25(29)16-21-6-4-5-14-26-21/h2-12,14,22H,13,15-18H2,1H3,(H,27,29). The number of aromatic nitrogens is 1. The van der Waals surface area contributed by atoms with Gasteiger partial charge in [-0.1, -0.05) is 48.5 Å². The molecule has 1 atom stereocenters. The fraction of sp³-hybridized carbons (Fsp3) is 0.280. The van der Waals surface area contributed by atoms with Crippen LogP contribution in [0.4, 0.5) is 0 Å². The predicted molar refractivity (Wildman–Crippen MR) is 118 cm³/mol. The van der Waals surface area contributed by atoms with Gasteiger partial charge in [0.15, 0.2) is 0 Å². The molecule has 4 rings (SSSR count). The fourth-order valence-corrected chi connectivity index (χ4v) is 3.97. The first-order chi connectivity index (χ1) is 14.7. The van der Waals surface area contributed by atoms with Crippen molar-refractivity contribution in [1.82, 2.24) is 15.2 Å². The quantitative estimate of drug-likeness (QED) is 0.656. The lowest BCUT2D eigenvalue weighted by Crippen LogP contribution is -2.37. The Balaban J connectivity index is 1.30. The van der Waals surface area contributed by atoms with Gasteiger partial charge in [-0.3, -0.25) is 14.7 Å².